The second kappa shape index (κ2) is 11.0. The van der Waals surface area contributed by atoms with Crippen molar-refractivity contribution < 1.29 is 14.3 Å². The maximum Gasteiger partial charge on any atom is 0.410 e. The summed E-state index contributed by atoms with van der Waals surface area (Å²) in [7, 11) is 0. The van der Waals surface area contributed by atoms with Gasteiger partial charge in [-0.3, -0.25) is 4.90 Å². The van der Waals surface area contributed by atoms with Crippen molar-refractivity contribution in [2.75, 3.05) is 38.7 Å². The first-order chi connectivity index (χ1) is 17.2. The molecule has 3 aromatic rings. The summed E-state index contributed by atoms with van der Waals surface area (Å²) in [6, 6.07) is 14.2. The number of halogens is 2. The van der Waals surface area contributed by atoms with E-state index in [0.29, 0.717) is 35.3 Å². The molecule has 2 heterocycles. The van der Waals surface area contributed by atoms with Crippen LogP contribution in [0.4, 0.5) is 4.79 Å². The van der Waals surface area contributed by atoms with Gasteiger partial charge in [0, 0.05) is 50.0 Å². The van der Waals surface area contributed by atoms with Crippen LogP contribution < -0.4 is 4.74 Å². The van der Waals surface area contributed by atoms with Crippen molar-refractivity contribution in [2.45, 2.75) is 32.9 Å². The van der Waals surface area contributed by atoms with Crippen molar-refractivity contribution >= 4 is 40.2 Å². The zero-order valence-electron chi connectivity index (χ0n) is 20.8. The van der Waals surface area contributed by atoms with E-state index < -0.39 is 5.60 Å². The molecule has 2 aromatic carbocycles. The average Bonchev–Trinajstić information content (AvgIpc) is 3.25. The molecule has 1 aliphatic rings. The standard InChI is InChI=1S/C27H30Cl2N4O3/c1-27(2,3)36-26(34)32-11-9-31(10-12-32)18-19-4-5-24-20(14-19)6-8-33(24)22-15-21(17-30)25(23(29)16-22)35-13-7-28/h4-6,8,14-16H,7,9-13,18H2,1-3H3. The van der Waals surface area contributed by atoms with E-state index in [9.17, 15) is 10.1 Å². The smallest absolute Gasteiger partial charge is 0.410 e. The van der Waals surface area contributed by atoms with E-state index in [1.54, 1.807) is 17.0 Å². The SMILES string of the molecule is CC(C)(C)OC(=O)N1CCN(Cc2ccc3c(ccn3-c3cc(Cl)c(OCCCl)c(C#N)c3)c2)CC1. The minimum absolute atomic E-state index is 0.247. The monoisotopic (exact) mass is 528 g/mol. The van der Waals surface area contributed by atoms with Crippen molar-refractivity contribution in [3.63, 3.8) is 0 Å². The summed E-state index contributed by atoms with van der Waals surface area (Å²) in [6.07, 6.45) is 1.73. The van der Waals surface area contributed by atoms with Gasteiger partial charge in [-0.05, 0) is 56.7 Å². The number of benzene rings is 2. The van der Waals surface area contributed by atoms with Crippen LogP contribution in [0.15, 0.2) is 42.6 Å². The predicted octanol–water partition coefficient (Wildman–Crippen LogP) is 5.83. The lowest BCUT2D eigenvalue weighted by Gasteiger charge is -2.35. The highest BCUT2D eigenvalue weighted by Crippen LogP contribution is 2.33. The Morgan fingerprint density at radius 2 is 1.86 bits per heavy atom. The molecule has 7 nitrogen and oxygen atoms in total. The van der Waals surface area contributed by atoms with Crippen LogP contribution in [0.2, 0.25) is 5.02 Å². The van der Waals surface area contributed by atoms with Gasteiger partial charge in [-0.1, -0.05) is 17.7 Å². The van der Waals surface area contributed by atoms with Crippen LogP contribution in [0.1, 0.15) is 31.9 Å². The Kier molecular flexibility index (Phi) is 7.99. The lowest BCUT2D eigenvalue weighted by atomic mass is 10.1. The third kappa shape index (κ3) is 6.07. The summed E-state index contributed by atoms with van der Waals surface area (Å²) in [6.45, 7) is 9.63. The number of ether oxygens (including phenoxy) is 2. The molecule has 0 aliphatic carbocycles. The van der Waals surface area contributed by atoms with Gasteiger partial charge in [0.2, 0.25) is 0 Å². The largest absolute Gasteiger partial charge is 0.489 e. The van der Waals surface area contributed by atoms with Gasteiger partial charge >= 0.3 is 6.09 Å². The summed E-state index contributed by atoms with van der Waals surface area (Å²) in [5, 5.41) is 11.1. The lowest BCUT2D eigenvalue weighted by Crippen LogP contribution is -2.49. The van der Waals surface area contributed by atoms with Gasteiger partial charge in [0.05, 0.1) is 22.0 Å². The molecule has 0 N–H and O–H groups in total. The van der Waals surface area contributed by atoms with E-state index in [1.807, 2.05) is 31.5 Å². The summed E-state index contributed by atoms with van der Waals surface area (Å²) in [5.74, 6) is 0.668. The molecule has 0 bridgehead atoms. The van der Waals surface area contributed by atoms with Gasteiger partial charge < -0.3 is 18.9 Å². The quantitative estimate of drug-likeness (QED) is 0.376. The highest BCUT2D eigenvalue weighted by molar-refractivity contribution is 6.32. The fourth-order valence-corrected chi connectivity index (χ4v) is 4.62. The van der Waals surface area contributed by atoms with Crippen molar-refractivity contribution in [2.24, 2.45) is 0 Å². The van der Waals surface area contributed by atoms with E-state index in [-0.39, 0.29) is 12.7 Å². The minimum atomic E-state index is -0.485. The molecule has 0 saturated carbocycles. The Morgan fingerprint density at radius 1 is 1.11 bits per heavy atom. The Morgan fingerprint density at radius 3 is 2.53 bits per heavy atom. The second-order valence-corrected chi connectivity index (χ2v) is 10.6. The summed E-state index contributed by atoms with van der Waals surface area (Å²) >= 11 is 12.2. The highest BCUT2D eigenvalue weighted by Gasteiger charge is 2.26. The highest BCUT2D eigenvalue weighted by atomic mass is 35.5. The van der Waals surface area contributed by atoms with E-state index in [0.717, 1.165) is 36.2 Å². The van der Waals surface area contributed by atoms with Crippen LogP contribution in [0.5, 0.6) is 5.75 Å². The second-order valence-electron chi connectivity index (χ2n) is 9.78. The van der Waals surface area contributed by atoms with E-state index in [2.05, 4.69) is 35.2 Å². The van der Waals surface area contributed by atoms with Gasteiger partial charge in [-0.15, -0.1) is 11.6 Å². The third-order valence-corrected chi connectivity index (χ3v) is 6.37. The van der Waals surface area contributed by atoms with Gasteiger partial charge in [-0.25, -0.2) is 4.79 Å². The Labute approximate surface area is 221 Å². The summed E-state index contributed by atoms with van der Waals surface area (Å²) in [5.41, 5.74) is 2.89. The first-order valence-electron chi connectivity index (χ1n) is 11.9. The zero-order valence-corrected chi connectivity index (χ0v) is 22.3. The molecule has 1 aliphatic heterocycles. The molecule has 190 valence electrons. The van der Waals surface area contributed by atoms with Gasteiger partial charge in [-0.2, -0.15) is 5.26 Å². The fraction of sp³-hybridized carbons (Fsp3) is 0.407. The normalized spacial score (nSPS) is 14.6. The summed E-state index contributed by atoms with van der Waals surface area (Å²) < 4.78 is 13.1. The van der Waals surface area contributed by atoms with Crippen molar-refractivity contribution in [1.29, 1.82) is 5.26 Å². The fourth-order valence-electron chi connectivity index (χ4n) is 4.28. The maximum absolute atomic E-state index is 12.3. The third-order valence-electron chi connectivity index (χ3n) is 5.94. The average molecular weight is 529 g/mol. The van der Waals surface area contributed by atoms with Crippen LogP contribution in [0.25, 0.3) is 16.6 Å². The Balaban J connectivity index is 1.46. The van der Waals surface area contributed by atoms with Gasteiger partial charge in [0.15, 0.2) is 5.75 Å². The molecule has 1 amide bonds. The summed E-state index contributed by atoms with van der Waals surface area (Å²) in [4.78, 5) is 16.4. The number of alkyl halides is 1. The minimum Gasteiger partial charge on any atom is -0.489 e. The number of piperazine rings is 1. The number of carbonyl (C=O) groups excluding carboxylic acids is 1. The maximum atomic E-state index is 12.3. The first kappa shape index (κ1) is 26.2. The number of rotatable bonds is 6. The molecular formula is C27H30Cl2N4O3. The number of carbonyl (C=O) groups is 1. The van der Waals surface area contributed by atoms with E-state index in [1.165, 1.54) is 5.56 Å². The van der Waals surface area contributed by atoms with Crippen molar-refractivity contribution in [3.8, 4) is 17.5 Å². The van der Waals surface area contributed by atoms with E-state index in [4.69, 9.17) is 32.7 Å². The number of nitrogens with zero attached hydrogens (tertiary/aromatic N) is 4. The van der Waals surface area contributed by atoms with Crippen molar-refractivity contribution in [1.82, 2.24) is 14.4 Å². The molecule has 1 fully saturated rings. The number of hydrogen-bond acceptors (Lipinski definition) is 5. The van der Waals surface area contributed by atoms with Crippen LogP contribution in [-0.4, -0.2) is 64.7 Å². The molecule has 0 spiro atoms. The van der Waals surface area contributed by atoms with Crippen molar-refractivity contribution in [3.05, 3.63) is 58.7 Å². The lowest BCUT2D eigenvalue weighted by molar-refractivity contribution is 0.0139. The molecule has 4 rings (SSSR count). The molecule has 9 heteroatoms. The predicted molar refractivity (Wildman–Crippen MR) is 142 cm³/mol. The Hall–Kier alpha value is -2.92. The number of hydrogen-bond donors (Lipinski definition) is 0. The molecule has 0 unspecified atom stereocenters. The van der Waals surface area contributed by atoms with Gasteiger partial charge in [0.1, 0.15) is 18.3 Å². The van der Waals surface area contributed by atoms with Crippen LogP contribution in [0.3, 0.4) is 0 Å². The molecular weight excluding hydrogens is 499 g/mol. The number of aromatic nitrogens is 1. The number of fused-ring (bicyclic) bond motifs is 1. The first-order valence-corrected chi connectivity index (χ1v) is 12.8. The Bertz CT molecular complexity index is 1280. The number of amides is 1. The number of nitriles is 1. The van der Waals surface area contributed by atoms with Crippen LogP contribution >= 0.6 is 23.2 Å². The van der Waals surface area contributed by atoms with E-state index >= 15 is 0 Å². The topological polar surface area (TPSA) is 70.7 Å². The molecule has 0 atom stereocenters. The molecule has 36 heavy (non-hydrogen) atoms. The van der Waals surface area contributed by atoms with Gasteiger partial charge in [0.25, 0.3) is 0 Å². The molecule has 0 radical (unpaired) electrons. The van der Waals surface area contributed by atoms with Crippen LogP contribution in [0, 0.1) is 11.3 Å². The molecule has 1 aromatic heterocycles. The van der Waals surface area contributed by atoms with Crippen LogP contribution in [-0.2, 0) is 11.3 Å². The molecule has 1 saturated heterocycles. The zero-order chi connectivity index (χ0) is 25.9.